The molecule has 0 bridgehead atoms. The first kappa shape index (κ1) is 12.7. The molecule has 0 saturated carbocycles. The standard InChI is InChI=1S/C12H24N2OS/c16-10-2-4-13-5-7-14(8-6-13)11-12-3-1-9-15-12/h12,16H,1-11H2. The SMILES string of the molecule is SCCCN1CCN(CC2CCCO2)CC1. The third-order valence-electron chi connectivity index (χ3n) is 3.58. The van der Waals surface area contributed by atoms with E-state index < -0.39 is 0 Å². The van der Waals surface area contributed by atoms with Gasteiger partial charge in [0.05, 0.1) is 6.10 Å². The van der Waals surface area contributed by atoms with E-state index in [4.69, 9.17) is 4.74 Å². The van der Waals surface area contributed by atoms with Crippen LogP contribution in [0.15, 0.2) is 0 Å². The first-order valence-electron chi connectivity index (χ1n) is 6.55. The molecule has 0 aromatic heterocycles. The van der Waals surface area contributed by atoms with Crippen LogP contribution in [-0.4, -0.2) is 67.5 Å². The topological polar surface area (TPSA) is 15.7 Å². The summed E-state index contributed by atoms with van der Waals surface area (Å²) in [4.78, 5) is 5.12. The van der Waals surface area contributed by atoms with Crippen LogP contribution in [0, 0.1) is 0 Å². The van der Waals surface area contributed by atoms with Crippen LogP contribution in [-0.2, 0) is 4.74 Å². The summed E-state index contributed by atoms with van der Waals surface area (Å²) in [5, 5.41) is 0. The fourth-order valence-corrected chi connectivity index (χ4v) is 2.71. The zero-order valence-corrected chi connectivity index (χ0v) is 11.0. The summed E-state index contributed by atoms with van der Waals surface area (Å²) in [5.74, 6) is 1.01. The molecule has 2 aliphatic heterocycles. The lowest BCUT2D eigenvalue weighted by Crippen LogP contribution is -2.48. The number of nitrogens with zero attached hydrogens (tertiary/aromatic N) is 2. The quantitative estimate of drug-likeness (QED) is 0.730. The summed E-state index contributed by atoms with van der Waals surface area (Å²) in [6, 6.07) is 0. The average molecular weight is 244 g/mol. The van der Waals surface area contributed by atoms with Crippen LogP contribution >= 0.6 is 12.6 Å². The van der Waals surface area contributed by atoms with Crippen LogP contribution in [0.3, 0.4) is 0 Å². The van der Waals surface area contributed by atoms with E-state index in [0.717, 1.165) is 18.9 Å². The summed E-state index contributed by atoms with van der Waals surface area (Å²) in [6.45, 7) is 8.23. The summed E-state index contributed by atoms with van der Waals surface area (Å²) < 4.78 is 5.68. The molecule has 0 aromatic rings. The summed E-state index contributed by atoms with van der Waals surface area (Å²) in [6.07, 6.45) is 4.25. The third-order valence-corrected chi connectivity index (χ3v) is 3.90. The van der Waals surface area contributed by atoms with Gasteiger partial charge in [-0.3, -0.25) is 4.90 Å². The Hall–Kier alpha value is 0.230. The molecular weight excluding hydrogens is 220 g/mol. The van der Waals surface area contributed by atoms with Crippen LogP contribution in [0.5, 0.6) is 0 Å². The largest absolute Gasteiger partial charge is 0.377 e. The van der Waals surface area contributed by atoms with Crippen molar-refractivity contribution >= 4 is 12.6 Å². The molecule has 94 valence electrons. The number of thiol groups is 1. The molecule has 0 aromatic carbocycles. The molecule has 0 amide bonds. The fraction of sp³-hybridized carbons (Fsp3) is 1.00. The van der Waals surface area contributed by atoms with Crippen molar-refractivity contribution < 1.29 is 4.74 Å². The molecular formula is C12H24N2OS. The maximum Gasteiger partial charge on any atom is 0.0702 e. The number of ether oxygens (including phenoxy) is 1. The molecule has 16 heavy (non-hydrogen) atoms. The van der Waals surface area contributed by atoms with Crippen molar-refractivity contribution in [2.45, 2.75) is 25.4 Å². The van der Waals surface area contributed by atoms with Gasteiger partial charge in [-0.1, -0.05) is 0 Å². The Morgan fingerprint density at radius 3 is 2.50 bits per heavy atom. The first-order valence-corrected chi connectivity index (χ1v) is 7.19. The molecule has 0 radical (unpaired) electrons. The lowest BCUT2D eigenvalue weighted by molar-refractivity contribution is 0.0506. The van der Waals surface area contributed by atoms with Gasteiger partial charge >= 0.3 is 0 Å². The third kappa shape index (κ3) is 3.91. The van der Waals surface area contributed by atoms with E-state index in [1.165, 1.54) is 52.0 Å². The Morgan fingerprint density at radius 2 is 1.88 bits per heavy atom. The van der Waals surface area contributed by atoms with Gasteiger partial charge in [-0.2, -0.15) is 12.6 Å². The molecule has 1 unspecified atom stereocenters. The van der Waals surface area contributed by atoms with Gasteiger partial charge in [0.15, 0.2) is 0 Å². The average Bonchev–Trinajstić information content (AvgIpc) is 2.81. The van der Waals surface area contributed by atoms with Crippen LogP contribution in [0.1, 0.15) is 19.3 Å². The Kier molecular flexibility index (Phi) is 5.42. The van der Waals surface area contributed by atoms with Gasteiger partial charge in [0.25, 0.3) is 0 Å². The molecule has 0 aliphatic carbocycles. The van der Waals surface area contributed by atoms with Crippen molar-refractivity contribution in [2.75, 3.05) is 51.6 Å². The molecule has 0 N–H and O–H groups in total. The number of rotatable bonds is 5. The highest BCUT2D eigenvalue weighted by Crippen LogP contribution is 2.14. The molecule has 3 nitrogen and oxygen atoms in total. The van der Waals surface area contributed by atoms with Crippen molar-refractivity contribution in [1.29, 1.82) is 0 Å². The molecule has 2 saturated heterocycles. The molecule has 0 spiro atoms. The van der Waals surface area contributed by atoms with Gasteiger partial charge in [0.1, 0.15) is 0 Å². The monoisotopic (exact) mass is 244 g/mol. The van der Waals surface area contributed by atoms with Crippen molar-refractivity contribution in [3.8, 4) is 0 Å². The van der Waals surface area contributed by atoms with Gasteiger partial charge < -0.3 is 9.64 Å². The predicted octanol–water partition coefficient (Wildman–Crippen LogP) is 1.10. The molecule has 2 fully saturated rings. The van der Waals surface area contributed by atoms with Crippen molar-refractivity contribution in [3.63, 3.8) is 0 Å². The minimum Gasteiger partial charge on any atom is -0.377 e. The van der Waals surface area contributed by atoms with Crippen LogP contribution in [0.25, 0.3) is 0 Å². The van der Waals surface area contributed by atoms with E-state index in [9.17, 15) is 0 Å². The lowest BCUT2D eigenvalue weighted by atomic mass is 10.2. The van der Waals surface area contributed by atoms with E-state index in [1.807, 2.05) is 0 Å². The molecule has 4 heteroatoms. The molecule has 1 atom stereocenters. The van der Waals surface area contributed by atoms with Crippen LogP contribution < -0.4 is 0 Å². The second-order valence-electron chi connectivity index (χ2n) is 4.85. The smallest absolute Gasteiger partial charge is 0.0702 e. The zero-order chi connectivity index (χ0) is 11.2. The molecule has 2 rings (SSSR count). The lowest BCUT2D eigenvalue weighted by Gasteiger charge is -2.35. The van der Waals surface area contributed by atoms with Crippen molar-refractivity contribution in [2.24, 2.45) is 0 Å². The van der Waals surface area contributed by atoms with Gasteiger partial charge in [-0.15, -0.1) is 0 Å². The Balaban J connectivity index is 1.60. The van der Waals surface area contributed by atoms with Gasteiger partial charge in [0, 0.05) is 39.3 Å². The summed E-state index contributed by atoms with van der Waals surface area (Å²) in [5.41, 5.74) is 0. The van der Waals surface area contributed by atoms with E-state index in [2.05, 4.69) is 22.4 Å². The Labute approximate surface area is 105 Å². The second kappa shape index (κ2) is 6.84. The van der Waals surface area contributed by atoms with E-state index in [-0.39, 0.29) is 0 Å². The highest BCUT2D eigenvalue weighted by Gasteiger charge is 2.22. The number of piperazine rings is 1. The van der Waals surface area contributed by atoms with E-state index >= 15 is 0 Å². The Morgan fingerprint density at radius 1 is 1.12 bits per heavy atom. The van der Waals surface area contributed by atoms with Crippen molar-refractivity contribution in [1.82, 2.24) is 9.80 Å². The first-order chi connectivity index (χ1) is 7.88. The maximum absolute atomic E-state index is 5.68. The van der Waals surface area contributed by atoms with E-state index in [1.54, 1.807) is 0 Å². The number of hydrogen-bond acceptors (Lipinski definition) is 4. The molecule has 2 aliphatic rings. The van der Waals surface area contributed by atoms with Gasteiger partial charge in [-0.25, -0.2) is 0 Å². The highest BCUT2D eigenvalue weighted by atomic mass is 32.1. The zero-order valence-electron chi connectivity index (χ0n) is 10.1. The molecule has 2 heterocycles. The minimum atomic E-state index is 0.518. The minimum absolute atomic E-state index is 0.518. The predicted molar refractivity (Wildman–Crippen MR) is 70.3 cm³/mol. The summed E-state index contributed by atoms with van der Waals surface area (Å²) >= 11 is 4.26. The van der Waals surface area contributed by atoms with Gasteiger partial charge in [-0.05, 0) is 31.6 Å². The van der Waals surface area contributed by atoms with Crippen LogP contribution in [0.4, 0.5) is 0 Å². The second-order valence-corrected chi connectivity index (χ2v) is 5.30. The summed E-state index contributed by atoms with van der Waals surface area (Å²) in [7, 11) is 0. The highest BCUT2D eigenvalue weighted by molar-refractivity contribution is 7.80. The Bertz CT molecular complexity index is 189. The number of hydrogen-bond donors (Lipinski definition) is 1. The fourth-order valence-electron chi connectivity index (χ4n) is 2.57. The van der Waals surface area contributed by atoms with E-state index in [0.29, 0.717) is 6.10 Å². The van der Waals surface area contributed by atoms with Crippen LogP contribution in [0.2, 0.25) is 0 Å². The van der Waals surface area contributed by atoms with Crippen molar-refractivity contribution in [3.05, 3.63) is 0 Å². The maximum atomic E-state index is 5.68. The van der Waals surface area contributed by atoms with Gasteiger partial charge in [0.2, 0.25) is 0 Å². The normalized spacial score (nSPS) is 28.7.